The molecule has 0 amide bonds. The molecule has 0 aliphatic heterocycles. The molecule has 4 fully saturated rings. The number of esters is 1. The Labute approximate surface area is 232 Å². The van der Waals surface area contributed by atoms with Gasteiger partial charge in [0.2, 0.25) is 0 Å². The Kier molecular flexibility index (Phi) is 6.90. The lowest BCUT2D eigenvalue weighted by Crippen LogP contribution is -2.62. The molecule has 1 aromatic carbocycles. The van der Waals surface area contributed by atoms with Crippen LogP contribution in [0.3, 0.4) is 0 Å². The van der Waals surface area contributed by atoms with Crippen molar-refractivity contribution in [3.8, 4) is 0 Å². The third kappa shape index (κ3) is 4.10. The van der Waals surface area contributed by atoms with Crippen LogP contribution >= 0.6 is 0 Å². The van der Waals surface area contributed by atoms with Gasteiger partial charge in [-0.05, 0) is 109 Å². The number of nitrogens with zero attached hydrogens (tertiary/aromatic N) is 1. The van der Waals surface area contributed by atoms with Crippen LogP contribution in [-0.2, 0) is 11.2 Å². The number of aliphatic hydroxyl groups excluding tert-OH is 2. The van der Waals surface area contributed by atoms with Crippen LogP contribution in [0.4, 0.5) is 0 Å². The topological polar surface area (TPSA) is 92.8 Å². The number of oxazole rings is 1. The van der Waals surface area contributed by atoms with Gasteiger partial charge in [-0.1, -0.05) is 40.2 Å². The first-order valence-corrected chi connectivity index (χ1v) is 15.4. The number of rotatable bonds is 5. The van der Waals surface area contributed by atoms with E-state index in [2.05, 4.69) is 27.7 Å². The second kappa shape index (κ2) is 9.87. The van der Waals surface area contributed by atoms with Gasteiger partial charge in [-0.15, -0.1) is 0 Å². The number of carbonyl (C=O) groups is 1. The number of hydrogen-bond acceptors (Lipinski definition) is 6. The van der Waals surface area contributed by atoms with Crippen molar-refractivity contribution in [1.82, 2.24) is 4.98 Å². The molecule has 1 aromatic heterocycles. The third-order valence-corrected chi connectivity index (χ3v) is 12.5. The van der Waals surface area contributed by atoms with Crippen LogP contribution in [0.1, 0.15) is 95.3 Å². The monoisotopic (exact) mass is 537 g/mol. The Morgan fingerprint density at radius 2 is 1.85 bits per heavy atom. The molecule has 6 nitrogen and oxygen atoms in total. The van der Waals surface area contributed by atoms with Gasteiger partial charge < -0.3 is 19.4 Å². The SMILES string of the molecule is CC[C@@H]1C2C[C@H](O)CC[C@]2(C)[C@H]2CC[C@]3(C)[C@@H]([C@H](C)Cc4nc5c(C(=O)OC)cccc5o4)CC[C@H]3[C@@H]2[C@@H]1O. The Hall–Kier alpha value is -1.92. The standard InChI is InChI=1S/C33H47NO5/c1-6-20-25-17-19(35)12-14-33(25,4)24-13-15-32(3)22(10-11-23(32)28(24)30(20)36)18(2)16-27-34-29-21(31(37)38-5)8-7-9-26(29)39-27/h7-9,18-20,22-25,28,30,35-36H,6,10-17H2,1-5H3/t18-,19-,20-,22-,23+,24+,25?,28+,30-,32-,33-/m1/s1. The zero-order valence-electron chi connectivity index (χ0n) is 24.4. The minimum Gasteiger partial charge on any atom is -0.465 e. The van der Waals surface area contributed by atoms with Crippen molar-refractivity contribution in [3.05, 3.63) is 29.7 Å². The number of ether oxygens (including phenoxy) is 1. The quantitative estimate of drug-likeness (QED) is 0.428. The minimum atomic E-state index is -0.392. The van der Waals surface area contributed by atoms with Crippen molar-refractivity contribution in [1.29, 1.82) is 0 Å². The van der Waals surface area contributed by atoms with E-state index in [1.807, 2.05) is 12.1 Å². The smallest absolute Gasteiger partial charge is 0.340 e. The van der Waals surface area contributed by atoms with E-state index < -0.39 is 5.97 Å². The Balaban J connectivity index is 1.25. The van der Waals surface area contributed by atoms with Crippen LogP contribution < -0.4 is 0 Å². The first kappa shape index (κ1) is 27.3. The van der Waals surface area contributed by atoms with Crippen LogP contribution in [-0.4, -0.2) is 40.5 Å². The zero-order chi connectivity index (χ0) is 27.7. The van der Waals surface area contributed by atoms with Gasteiger partial charge in [0.1, 0.15) is 5.52 Å². The van der Waals surface area contributed by atoms with Gasteiger partial charge in [0, 0.05) is 6.42 Å². The van der Waals surface area contributed by atoms with E-state index in [4.69, 9.17) is 14.1 Å². The second-order valence-electron chi connectivity index (χ2n) is 14.1. The molecule has 4 aliphatic carbocycles. The van der Waals surface area contributed by atoms with E-state index >= 15 is 0 Å². The van der Waals surface area contributed by atoms with Gasteiger partial charge in [-0.25, -0.2) is 9.78 Å². The van der Waals surface area contributed by atoms with Crippen molar-refractivity contribution < 1.29 is 24.2 Å². The molecular weight excluding hydrogens is 490 g/mol. The molecule has 2 aromatic rings. The number of aliphatic hydroxyl groups is 2. The first-order chi connectivity index (χ1) is 18.6. The number of benzene rings is 1. The molecule has 1 heterocycles. The number of fused-ring (bicyclic) bond motifs is 6. The maximum atomic E-state index is 12.2. The van der Waals surface area contributed by atoms with Crippen molar-refractivity contribution in [2.45, 2.75) is 97.7 Å². The summed E-state index contributed by atoms with van der Waals surface area (Å²) in [5, 5.41) is 22.5. The molecule has 0 radical (unpaired) electrons. The summed E-state index contributed by atoms with van der Waals surface area (Å²) in [6.45, 7) is 9.59. The van der Waals surface area contributed by atoms with Crippen LogP contribution in [0.15, 0.2) is 22.6 Å². The number of aromatic nitrogens is 1. The highest BCUT2D eigenvalue weighted by molar-refractivity contribution is 6.01. The fourth-order valence-electron chi connectivity index (χ4n) is 10.7. The van der Waals surface area contributed by atoms with Crippen LogP contribution in [0, 0.1) is 52.3 Å². The van der Waals surface area contributed by atoms with E-state index in [-0.39, 0.29) is 29.0 Å². The summed E-state index contributed by atoms with van der Waals surface area (Å²) in [7, 11) is 1.39. The molecule has 2 N–H and O–H groups in total. The van der Waals surface area contributed by atoms with Crippen LogP contribution in [0.2, 0.25) is 0 Å². The lowest BCUT2D eigenvalue weighted by atomic mass is 9.41. The molecule has 214 valence electrons. The van der Waals surface area contributed by atoms with Gasteiger partial charge in [-0.2, -0.15) is 0 Å². The van der Waals surface area contributed by atoms with Crippen LogP contribution in [0.5, 0.6) is 0 Å². The van der Waals surface area contributed by atoms with Gasteiger partial charge in [-0.3, -0.25) is 0 Å². The Bertz CT molecular complexity index is 1220. The molecule has 11 atom stereocenters. The molecule has 0 bridgehead atoms. The predicted molar refractivity (Wildman–Crippen MR) is 150 cm³/mol. The molecular formula is C33H47NO5. The van der Waals surface area contributed by atoms with Gasteiger partial charge in [0.15, 0.2) is 11.5 Å². The van der Waals surface area contributed by atoms with E-state index in [1.165, 1.54) is 32.8 Å². The van der Waals surface area contributed by atoms with Crippen molar-refractivity contribution in [2.24, 2.45) is 52.3 Å². The van der Waals surface area contributed by atoms with E-state index in [9.17, 15) is 15.0 Å². The number of hydrogen-bond donors (Lipinski definition) is 2. The summed E-state index contributed by atoms with van der Waals surface area (Å²) in [4.78, 5) is 17.0. The molecule has 0 saturated heterocycles. The average molecular weight is 538 g/mol. The van der Waals surface area contributed by atoms with Crippen molar-refractivity contribution in [3.63, 3.8) is 0 Å². The fraction of sp³-hybridized carbons (Fsp3) is 0.758. The maximum Gasteiger partial charge on any atom is 0.340 e. The van der Waals surface area contributed by atoms with Gasteiger partial charge in [0.25, 0.3) is 0 Å². The lowest BCUT2D eigenvalue weighted by molar-refractivity contribution is -0.203. The fourth-order valence-corrected chi connectivity index (χ4v) is 10.7. The Morgan fingerprint density at radius 1 is 1.10 bits per heavy atom. The number of methoxy groups -OCH3 is 1. The molecule has 4 aliphatic rings. The summed E-state index contributed by atoms with van der Waals surface area (Å²) in [6, 6.07) is 5.41. The highest BCUT2D eigenvalue weighted by atomic mass is 16.5. The lowest BCUT2D eigenvalue weighted by Gasteiger charge is -2.64. The zero-order valence-corrected chi connectivity index (χ0v) is 24.4. The van der Waals surface area contributed by atoms with Gasteiger partial charge in [0.05, 0.1) is 24.9 Å². The number of para-hydroxylation sites is 1. The highest BCUT2D eigenvalue weighted by Crippen LogP contribution is 2.69. The first-order valence-electron chi connectivity index (χ1n) is 15.4. The Morgan fingerprint density at radius 3 is 2.59 bits per heavy atom. The predicted octanol–water partition coefficient (Wildman–Crippen LogP) is 6.42. The summed E-state index contributed by atoms with van der Waals surface area (Å²) in [5.74, 6) is 3.39. The molecule has 4 saturated carbocycles. The minimum absolute atomic E-state index is 0.195. The molecule has 1 unspecified atom stereocenters. The van der Waals surface area contributed by atoms with E-state index in [1.54, 1.807) is 6.07 Å². The van der Waals surface area contributed by atoms with Gasteiger partial charge >= 0.3 is 5.97 Å². The van der Waals surface area contributed by atoms with Crippen LogP contribution in [0.25, 0.3) is 11.1 Å². The molecule has 6 rings (SSSR count). The molecule has 39 heavy (non-hydrogen) atoms. The second-order valence-corrected chi connectivity index (χ2v) is 14.1. The van der Waals surface area contributed by atoms with E-state index in [0.717, 1.165) is 32.1 Å². The summed E-state index contributed by atoms with van der Waals surface area (Å²) >= 11 is 0. The largest absolute Gasteiger partial charge is 0.465 e. The van der Waals surface area contributed by atoms with Crippen molar-refractivity contribution in [2.75, 3.05) is 7.11 Å². The molecule has 6 heteroatoms. The average Bonchev–Trinajstić information content (AvgIpc) is 3.49. The summed E-state index contributed by atoms with van der Waals surface area (Å²) in [6.07, 6.45) is 8.89. The highest BCUT2D eigenvalue weighted by Gasteiger charge is 2.64. The number of carbonyl (C=O) groups excluding carboxylic acids is 1. The van der Waals surface area contributed by atoms with E-state index in [0.29, 0.717) is 58.1 Å². The maximum absolute atomic E-state index is 12.2. The molecule has 0 spiro atoms. The van der Waals surface area contributed by atoms with Crippen molar-refractivity contribution >= 4 is 17.1 Å². The third-order valence-electron chi connectivity index (χ3n) is 12.5. The summed E-state index contributed by atoms with van der Waals surface area (Å²) in [5.41, 5.74) is 2.08. The normalized spacial score (nSPS) is 42.4. The summed E-state index contributed by atoms with van der Waals surface area (Å²) < 4.78 is 11.1.